The number of thiophene rings is 1. The van der Waals surface area contributed by atoms with Crippen LogP contribution in [0.5, 0.6) is 0 Å². The van der Waals surface area contributed by atoms with Gasteiger partial charge >= 0.3 is 5.97 Å². The van der Waals surface area contributed by atoms with Crippen molar-refractivity contribution in [1.82, 2.24) is 5.32 Å². The molecule has 0 saturated heterocycles. The molecule has 0 saturated carbocycles. The first-order chi connectivity index (χ1) is 14.4. The minimum atomic E-state index is -0.721. The second-order valence-electron chi connectivity index (χ2n) is 8.01. The smallest absolute Gasteiger partial charge is 0.336 e. The SMILES string of the molecule is CC1=C(C(=O)OC(C)C)C(c2ccccc2F)C2C(=O)CC(c3cccs3)C=C2N1. The minimum Gasteiger partial charge on any atom is -0.460 e. The van der Waals surface area contributed by atoms with Gasteiger partial charge in [-0.25, -0.2) is 9.18 Å². The van der Waals surface area contributed by atoms with Crippen LogP contribution in [0.1, 0.15) is 49.5 Å². The number of carbonyl (C=O) groups is 2. The van der Waals surface area contributed by atoms with Crippen molar-refractivity contribution in [2.75, 3.05) is 0 Å². The van der Waals surface area contributed by atoms with E-state index < -0.39 is 23.6 Å². The van der Waals surface area contributed by atoms with Crippen LogP contribution >= 0.6 is 11.3 Å². The van der Waals surface area contributed by atoms with Gasteiger partial charge in [0.2, 0.25) is 0 Å². The van der Waals surface area contributed by atoms with Crippen LogP contribution in [0.25, 0.3) is 0 Å². The highest BCUT2D eigenvalue weighted by molar-refractivity contribution is 7.10. The third-order valence-electron chi connectivity index (χ3n) is 5.58. The lowest BCUT2D eigenvalue weighted by Crippen LogP contribution is -2.42. The number of ether oxygens (including phenoxy) is 1. The van der Waals surface area contributed by atoms with Gasteiger partial charge in [-0.15, -0.1) is 11.3 Å². The summed E-state index contributed by atoms with van der Waals surface area (Å²) in [5.41, 5.74) is 1.99. The Hall–Kier alpha value is -2.73. The molecule has 2 aliphatic rings. The van der Waals surface area contributed by atoms with E-state index in [-0.39, 0.29) is 17.8 Å². The summed E-state index contributed by atoms with van der Waals surface area (Å²) < 4.78 is 20.3. The lowest BCUT2D eigenvalue weighted by molar-refractivity contribution is -0.143. The second-order valence-corrected chi connectivity index (χ2v) is 8.99. The van der Waals surface area contributed by atoms with Gasteiger partial charge in [0.15, 0.2) is 0 Å². The number of ketones is 1. The number of allylic oxidation sites excluding steroid dienone is 3. The summed E-state index contributed by atoms with van der Waals surface area (Å²) in [7, 11) is 0. The molecule has 4 nitrogen and oxygen atoms in total. The number of halogens is 1. The molecule has 1 aromatic carbocycles. The predicted molar refractivity (Wildman–Crippen MR) is 114 cm³/mol. The van der Waals surface area contributed by atoms with Crippen molar-refractivity contribution in [3.63, 3.8) is 0 Å². The van der Waals surface area contributed by atoms with Crippen molar-refractivity contribution in [3.8, 4) is 0 Å². The maximum Gasteiger partial charge on any atom is 0.336 e. The zero-order valence-electron chi connectivity index (χ0n) is 17.1. The first kappa shape index (κ1) is 20.5. The van der Waals surface area contributed by atoms with Gasteiger partial charge in [0.05, 0.1) is 17.6 Å². The Morgan fingerprint density at radius 2 is 1.97 bits per heavy atom. The molecule has 1 aliphatic heterocycles. The minimum absolute atomic E-state index is 0.00556. The first-order valence-corrected chi connectivity index (χ1v) is 11.0. The van der Waals surface area contributed by atoms with Gasteiger partial charge in [0, 0.05) is 34.5 Å². The zero-order valence-corrected chi connectivity index (χ0v) is 18.0. The molecule has 6 heteroatoms. The highest BCUT2D eigenvalue weighted by Gasteiger charge is 2.46. The number of fused-ring (bicyclic) bond motifs is 1. The molecule has 1 aliphatic carbocycles. The van der Waals surface area contributed by atoms with Crippen molar-refractivity contribution in [2.45, 2.75) is 45.1 Å². The van der Waals surface area contributed by atoms with Crippen molar-refractivity contribution in [1.29, 1.82) is 0 Å². The van der Waals surface area contributed by atoms with Gasteiger partial charge in [-0.1, -0.05) is 30.3 Å². The number of rotatable bonds is 4. The Bertz CT molecular complexity index is 1040. The molecule has 0 bridgehead atoms. The molecule has 3 unspecified atom stereocenters. The standard InChI is InChI=1S/C24H24FNO3S/c1-13(2)29-24(28)21-14(3)26-18-11-15(20-9-6-10-30-20)12-19(27)23(18)22(21)16-7-4-5-8-17(16)25/h4-11,13,15,22-23,26H,12H2,1-3H3. The Morgan fingerprint density at radius 3 is 2.63 bits per heavy atom. The topological polar surface area (TPSA) is 55.4 Å². The summed E-state index contributed by atoms with van der Waals surface area (Å²) in [6.45, 7) is 5.32. The highest BCUT2D eigenvalue weighted by Crippen LogP contribution is 2.47. The van der Waals surface area contributed by atoms with Crippen molar-refractivity contribution < 1.29 is 18.7 Å². The number of esters is 1. The van der Waals surface area contributed by atoms with Crippen LogP contribution in [-0.4, -0.2) is 17.9 Å². The van der Waals surface area contributed by atoms with Crippen molar-refractivity contribution in [3.05, 3.63) is 81.1 Å². The van der Waals surface area contributed by atoms with E-state index in [4.69, 9.17) is 4.74 Å². The molecule has 0 radical (unpaired) electrons. The average Bonchev–Trinajstić information content (AvgIpc) is 3.21. The number of carbonyl (C=O) groups excluding carboxylic acids is 2. The lowest BCUT2D eigenvalue weighted by Gasteiger charge is -2.39. The highest BCUT2D eigenvalue weighted by atomic mass is 32.1. The fraction of sp³-hybridized carbons (Fsp3) is 0.333. The third kappa shape index (κ3) is 3.72. The molecule has 2 heterocycles. The summed E-state index contributed by atoms with van der Waals surface area (Å²) in [4.78, 5) is 27.4. The number of hydrogen-bond donors (Lipinski definition) is 1. The van der Waals surface area contributed by atoms with Crippen LogP contribution in [-0.2, 0) is 14.3 Å². The summed E-state index contributed by atoms with van der Waals surface area (Å²) in [5.74, 6) is -2.34. The van der Waals surface area contributed by atoms with E-state index in [2.05, 4.69) is 11.4 Å². The molecule has 0 spiro atoms. The second kappa shape index (κ2) is 8.19. The number of Topliss-reactive ketones (excluding diaryl/α,β-unsaturated/α-hetero) is 1. The summed E-state index contributed by atoms with van der Waals surface area (Å²) in [6.07, 6.45) is 2.06. The van der Waals surface area contributed by atoms with E-state index in [1.807, 2.05) is 17.5 Å². The van der Waals surface area contributed by atoms with E-state index in [1.165, 1.54) is 6.07 Å². The van der Waals surface area contributed by atoms with E-state index in [0.717, 1.165) is 10.6 Å². The van der Waals surface area contributed by atoms with Crippen LogP contribution in [0.15, 0.2) is 64.8 Å². The summed E-state index contributed by atoms with van der Waals surface area (Å²) in [5, 5.41) is 5.26. The van der Waals surface area contributed by atoms with Gasteiger partial charge in [-0.05, 0) is 43.8 Å². The van der Waals surface area contributed by atoms with E-state index in [1.54, 1.807) is 50.3 Å². The van der Waals surface area contributed by atoms with Crippen molar-refractivity contribution in [2.24, 2.45) is 5.92 Å². The van der Waals surface area contributed by atoms with Crippen LogP contribution in [0.2, 0.25) is 0 Å². The fourth-order valence-electron chi connectivity index (χ4n) is 4.37. The third-order valence-corrected chi connectivity index (χ3v) is 6.58. The molecular formula is C24H24FNO3S. The van der Waals surface area contributed by atoms with Gasteiger partial charge in [0.25, 0.3) is 0 Å². The maximum absolute atomic E-state index is 14.9. The molecule has 156 valence electrons. The molecule has 1 N–H and O–H groups in total. The molecule has 2 aromatic rings. The van der Waals surface area contributed by atoms with Crippen LogP contribution in [0.4, 0.5) is 4.39 Å². The maximum atomic E-state index is 14.9. The predicted octanol–water partition coefficient (Wildman–Crippen LogP) is 5.06. The Labute approximate surface area is 179 Å². The molecule has 30 heavy (non-hydrogen) atoms. The van der Waals surface area contributed by atoms with E-state index in [0.29, 0.717) is 23.3 Å². The molecular weight excluding hydrogens is 401 g/mol. The van der Waals surface area contributed by atoms with E-state index in [9.17, 15) is 14.0 Å². The Kier molecular flexibility index (Phi) is 5.60. The molecule has 1 aromatic heterocycles. The molecule has 4 rings (SSSR count). The monoisotopic (exact) mass is 425 g/mol. The zero-order chi connectivity index (χ0) is 21.4. The van der Waals surface area contributed by atoms with Gasteiger partial charge in [0.1, 0.15) is 11.6 Å². The van der Waals surface area contributed by atoms with Gasteiger partial charge < -0.3 is 10.1 Å². The quantitative estimate of drug-likeness (QED) is 0.696. The fourth-order valence-corrected chi connectivity index (χ4v) is 5.17. The van der Waals surface area contributed by atoms with Crippen LogP contribution < -0.4 is 5.32 Å². The van der Waals surface area contributed by atoms with Gasteiger partial charge in [-0.2, -0.15) is 0 Å². The lowest BCUT2D eigenvalue weighted by atomic mass is 9.69. The number of hydrogen-bond acceptors (Lipinski definition) is 5. The Morgan fingerprint density at radius 1 is 1.20 bits per heavy atom. The normalized spacial score (nSPS) is 23.7. The number of nitrogens with one attached hydrogen (secondary N) is 1. The van der Waals surface area contributed by atoms with Crippen LogP contribution in [0.3, 0.4) is 0 Å². The van der Waals surface area contributed by atoms with Crippen molar-refractivity contribution >= 4 is 23.1 Å². The summed E-state index contributed by atoms with van der Waals surface area (Å²) >= 11 is 1.61. The molecule has 0 fully saturated rings. The molecule has 3 atom stereocenters. The largest absolute Gasteiger partial charge is 0.460 e. The van der Waals surface area contributed by atoms with Crippen LogP contribution in [0, 0.1) is 11.7 Å². The van der Waals surface area contributed by atoms with E-state index >= 15 is 0 Å². The average molecular weight is 426 g/mol. The number of benzene rings is 1. The molecule has 0 amide bonds. The summed E-state index contributed by atoms with van der Waals surface area (Å²) in [6, 6.07) is 10.3. The van der Waals surface area contributed by atoms with Gasteiger partial charge in [-0.3, -0.25) is 4.79 Å². The first-order valence-electron chi connectivity index (χ1n) is 10.1. The Balaban J connectivity index is 1.85.